The first-order valence-corrected chi connectivity index (χ1v) is 9.32. The molecule has 0 heterocycles. The molecule has 0 aromatic carbocycles. The van der Waals surface area contributed by atoms with Crippen molar-refractivity contribution in [1.82, 2.24) is 0 Å². The molecule has 0 unspecified atom stereocenters. The summed E-state index contributed by atoms with van der Waals surface area (Å²) in [5.41, 5.74) is 0. The minimum absolute atomic E-state index is 0.0676. The highest BCUT2D eigenvalue weighted by Crippen LogP contribution is 2.12. The van der Waals surface area contributed by atoms with Crippen LogP contribution in [0.3, 0.4) is 0 Å². The van der Waals surface area contributed by atoms with Crippen molar-refractivity contribution in [3.05, 3.63) is 12.2 Å². The summed E-state index contributed by atoms with van der Waals surface area (Å²) in [5.74, 6) is 0.545. The zero-order valence-corrected chi connectivity index (χ0v) is 14.7. The van der Waals surface area contributed by atoms with Gasteiger partial charge in [-0.1, -0.05) is 63.5 Å². The van der Waals surface area contributed by atoms with Crippen LogP contribution in [0.25, 0.3) is 0 Å². The number of hydrogen-bond donors (Lipinski definition) is 1. The number of allylic oxidation sites excluding steroid dienone is 2. The van der Waals surface area contributed by atoms with Gasteiger partial charge in [-0.2, -0.15) is 12.6 Å². The number of carbonyl (C=O) groups is 1. The van der Waals surface area contributed by atoms with Crippen molar-refractivity contribution in [3.8, 4) is 0 Å². The van der Waals surface area contributed by atoms with Gasteiger partial charge in [0.15, 0.2) is 0 Å². The minimum atomic E-state index is -0.0676. The average molecular weight is 315 g/mol. The first-order valence-electron chi connectivity index (χ1n) is 8.69. The molecule has 0 fully saturated rings. The van der Waals surface area contributed by atoms with Gasteiger partial charge in [-0.25, -0.2) is 0 Å². The van der Waals surface area contributed by atoms with Crippen LogP contribution in [0.15, 0.2) is 12.2 Å². The number of rotatable bonds is 15. The second-order valence-corrected chi connectivity index (χ2v) is 6.03. The van der Waals surface area contributed by atoms with Gasteiger partial charge in [0.2, 0.25) is 0 Å². The van der Waals surface area contributed by atoms with Crippen LogP contribution in [0, 0.1) is 0 Å². The van der Waals surface area contributed by atoms with Gasteiger partial charge >= 0.3 is 5.97 Å². The van der Waals surface area contributed by atoms with E-state index < -0.39 is 0 Å². The SMILES string of the molecule is C/C=C/CCCCCCCCCCCCC(=O)OCCS. The molecule has 0 N–H and O–H groups in total. The average Bonchev–Trinajstić information content (AvgIpc) is 2.49. The topological polar surface area (TPSA) is 26.3 Å². The van der Waals surface area contributed by atoms with Gasteiger partial charge in [-0.05, 0) is 26.2 Å². The fraction of sp³-hybridized carbons (Fsp3) is 0.833. The van der Waals surface area contributed by atoms with E-state index in [1.54, 1.807) is 0 Å². The number of ether oxygens (including phenoxy) is 1. The number of unbranched alkanes of at least 4 members (excludes halogenated alkanes) is 10. The molecule has 3 heteroatoms. The number of thiol groups is 1. The van der Waals surface area contributed by atoms with Gasteiger partial charge in [-0.15, -0.1) is 0 Å². The molecular weight excluding hydrogens is 280 g/mol. The summed E-state index contributed by atoms with van der Waals surface area (Å²) in [7, 11) is 0. The van der Waals surface area contributed by atoms with E-state index in [2.05, 4.69) is 31.7 Å². The maximum atomic E-state index is 11.2. The van der Waals surface area contributed by atoms with Crippen molar-refractivity contribution in [2.75, 3.05) is 12.4 Å². The number of carbonyl (C=O) groups excluding carboxylic acids is 1. The summed E-state index contributed by atoms with van der Waals surface area (Å²) in [6.07, 6.45) is 19.1. The van der Waals surface area contributed by atoms with E-state index in [-0.39, 0.29) is 5.97 Å². The smallest absolute Gasteiger partial charge is 0.305 e. The summed E-state index contributed by atoms with van der Waals surface area (Å²) < 4.78 is 4.98. The predicted molar refractivity (Wildman–Crippen MR) is 95.0 cm³/mol. The lowest BCUT2D eigenvalue weighted by Gasteiger charge is -2.03. The maximum Gasteiger partial charge on any atom is 0.305 e. The van der Waals surface area contributed by atoms with Crippen LogP contribution < -0.4 is 0 Å². The van der Waals surface area contributed by atoms with E-state index in [0.29, 0.717) is 18.8 Å². The van der Waals surface area contributed by atoms with Gasteiger partial charge in [0, 0.05) is 12.2 Å². The van der Waals surface area contributed by atoms with Crippen LogP contribution in [0.1, 0.15) is 84.0 Å². The molecule has 0 amide bonds. The molecule has 0 atom stereocenters. The summed E-state index contributed by atoms with van der Waals surface area (Å²) in [4.78, 5) is 11.2. The molecule has 0 radical (unpaired) electrons. The van der Waals surface area contributed by atoms with Gasteiger partial charge in [-0.3, -0.25) is 4.79 Å². The van der Waals surface area contributed by atoms with E-state index in [0.717, 1.165) is 12.8 Å². The minimum Gasteiger partial charge on any atom is -0.465 e. The van der Waals surface area contributed by atoms with Crippen molar-refractivity contribution in [2.45, 2.75) is 84.0 Å². The van der Waals surface area contributed by atoms with Gasteiger partial charge < -0.3 is 4.74 Å². The Bertz CT molecular complexity index is 252. The van der Waals surface area contributed by atoms with Crippen molar-refractivity contribution in [2.24, 2.45) is 0 Å². The third kappa shape index (κ3) is 17.5. The molecule has 0 saturated carbocycles. The Hall–Kier alpha value is -0.440. The van der Waals surface area contributed by atoms with Gasteiger partial charge in [0.25, 0.3) is 0 Å². The lowest BCUT2D eigenvalue weighted by atomic mass is 10.1. The second-order valence-electron chi connectivity index (χ2n) is 5.59. The third-order valence-electron chi connectivity index (χ3n) is 3.59. The van der Waals surface area contributed by atoms with Crippen molar-refractivity contribution in [1.29, 1.82) is 0 Å². The summed E-state index contributed by atoms with van der Waals surface area (Å²) in [6.45, 7) is 2.53. The van der Waals surface area contributed by atoms with Crippen LogP contribution >= 0.6 is 12.6 Å². The second kappa shape index (κ2) is 17.6. The molecule has 0 saturated heterocycles. The highest BCUT2D eigenvalue weighted by molar-refractivity contribution is 7.80. The lowest BCUT2D eigenvalue weighted by molar-refractivity contribution is -0.143. The van der Waals surface area contributed by atoms with Crippen LogP contribution in [0.2, 0.25) is 0 Å². The molecule has 0 aliphatic rings. The Morgan fingerprint density at radius 2 is 1.43 bits per heavy atom. The standard InChI is InChI=1S/C18H34O2S/c1-2-3-4-5-6-7-8-9-10-11-12-13-14-15-18(19)20-16-17-21/h2-3,21H,4-17H2,1H3/b3-2+. The lowest BCUT2D eigenvalue weighted by Crippen LogP contribution is -2.06. The first-order chi connectivity index (χ1) is 10.3. The molecule has 0 aromatic rings. The molecule has 0 aliphatic carbocycles. The highest BCUT2D eigenvalue weighted by atomic mass is 32.1. The number of hydrogen-bond acceptors (Lipinski definition) is 3. The zero-order chi connectivity index (χ0) is 15.6. The molecule has 0 spiro atoms. The molecule has 0 bridgehead atoms. The molecule has 0 aliphatic heterocycles. The fourth-order valence-electron chi connectivity index (χ4n) is 2.34. The first kappa shape index (κ1) is 20.6. The van der Waals surface area contributed by atoms with Gasteiger partial charge in [0.05, 0.1) is 0 Å². The summed E-state index contributed by atoms with van der Waals surface area (Å²) in [6, 6.07) is 0. The van der Waals surface area contributed by atoms with E-state index in [9.17, 15) is 4.79 Å². The van der Waals surface area contributed by atoms with E-state index in [4.69, 9.17) is 4.74 Å². The normalized spacial score (nSPS) is 11.1. The quantitative estimate of drug-likeness (QED) is 0.181. The largest absolute Gasteiger partial charge is 0.465 e. The van der Waals surface area contributed by atoms with E-state index in [1.165, 1.54) is 57.8 Å². The van der Waals surface area contributed by atoms with Crippen LogP contribution in [-0.2, 0) is 9.53 Å². The van der Waals surface area contributed by atoms with E-state index >= 15 is 0 Å². The predicted octanol–water partition coefficient (Wildman–Crippen LogP) is 5.72. The van der Waals surface area contributed by atoms with Crippen LogP contribution in [0.4, 0.5) is 0 Å². The Labute approximate surface area is 137 Å². The van der Waals surface area contributed by atoms with E-state index in [1.807, 2.05) is 0 Å². The molecule has 0 rings (SSSR count). The third-order valence-corrected chi connectivity index (χ3v) is 3.77. The zero-order valence-electron chi connectivity index (χ0n) is 13.8. The van der Waals surface area contributed by atoms with Crippen LogP contribution in [-0.4, -0.2) is 18.3 Å². The van der Waals surface area contributed by atoms with Crippen molar-refractivity contribution < 1.29 is 9.53 Å². The van der Waals surface area contributed by atoms with Gasteiger partial charge in [0.1, 0.15) is 6.61 Å². The monoisotopic (exact) mass is 314 g/mol. The summed E-state index contributed by atoms with van der Waals surface area (Å²) >= 11 is 4.01. The maximum absolute atomic E-state index is 11.2. The number of esters is 1. The molecule has 0 aromatic heterocycles. The Morgan fingerprint density at radius 1 is 0.905 bits per heavy atom. The fourth-order valence-corrected chi connectivity index (χ4v) is 2.44. The van der Waals surface area contributed by atoms with Crippen LogP contribution in [0.5, 0.6) is 0 Å². The molecule has 124 valence electrons. The Kier molecular flexibility index (Phi) is 17.2. The summed E-state index contributed by atoms with van der Waals surface area (Å²) in [5, 5.41) is 0. The van der Waals surface area contributed by atoms with Crippen molar-refractivity contribution in [3.63, 3.8) is 0 Å². The highest BCUT2D eigenvalue weighted by Gasteiger charge is 2.01. The molecule has 21 heavy (non-hydrogen) atoms. The Morgan fingerprint density at radius 3 is 1.95 bits per heavy atom. The molecule has 2 nitrogen and oxygen atoms in total. The Balaban J connectivity index is 3.07. The van der Waals surface area contributed by atoms with Crippen molar-refractivity contribution >= 4 is 18.6 Å². The molecular formula is C18H34O2S.